The number of nitrogens with zero attached hydrogens (tertiary/aromatic N) is 2. The van der Waals surface area contributed by atoms with Crippen LogP contribution in [0, 0.1) is 0 Å². The largest absolute Gasteiger partial charge is 0.481 e. The van der Waals surface area contributed by atoms with Crippen molar-refractivity contribution >= 4 is 17.7 Å². The van der Waals surface area contributed by atoms with Crippen LogP contribution in [0.4, 0.5) is 0 Å². The molecule has 1 aromatic carbocycles. The van der Waals surface area contributed by atoms with Crippen molar-refractivity contribution in [2.24, 2.45) is 0 Å². The van der Waals surface area contributed by atoms with Crippen LogP contribution in [0.3, 0.4) is 0 Å². The van der Waals surface area contributed by atoms with Crippen LogP contribution < -0.4 is 4.74 Å². The number of aromatic nitrogens is 1. The normalized spacial score (nSPS) is 14.6. The van der Waals surface area contributed by atoms with Crippen molar-refractivity contribution in [3.8, 4) is 5.88 Å². The summed E-state index contributed by atoms with van der Waals surface area (Å²) in [7, 11) is 3.04. The maximum atomic E-state index is 11.7. The molecule has 2 aromatic rings. The zero-order valence-corrected chi connectivity index (χ0v) is 14.6. The Bertz CT molecular complexity index is 736. The zero-order valence-electron chi connectivity index (χ0n) is 13.8. The van der Waals surface area contributed by atoms with Gasteiger partial charge in [0.15, 0.2) is 0 Å². The first kappa shape index (κ1) is 16.8. The molecule has 1 aromatic heterocycles. The lowest BCUT2D eigenvalue weighted by atomic mass is 10.1. The number of carbonyl (C=O) groups is 1. The molecule has 0 fully saturated rings. The predicted molar refractivity (Wildman–Crippen MR) is 93.4 cm³/mol. The lowest BCUT2D eigenvalue weighted by Gasteiger charge is -2.20. The molecule has 0 saturated heterocycles. The first-order chi connectivity index (χ1) is 11.7. The van der Waals surface area contributed by atoms with E-state index >= 15 is 0 Å². The lowest BCUT2D eigenvalue weighted by Crippen LogP contribution is -2.24. The highest BCUT2D eigenvalue weighted by Gasteiger charge is 2.17. The summed E-state index contributed by atoms with van der Waals surface area (Å²) >= 11 is 1.82. The summed E-state index contributed by atoms with van der Waals surface area (Å²) in [6.07, 6.45) is 1.89. The number of rotatable bonds is 4. The fraction of sp³-hybridized carbons (Fsp3) is 0.333. The van der Waals surface area contributed by atoms with Gasteiger partial charge in [0.1, 0.15) is 0 Å². The van der Waals surface area contributed by atoms with Gasteiger partial charge in [-0.3, -0.25) is 4.90 Å². The van der Waals surface area contributed by atoms with Crippen molar-refractivity contribution in [1.82, 2.24) is 9.88 Å². The van der Waals surface area contributed by atoms with Gasteiger partial charge in [-0.2, -0.15) is 0 Å². The van der Waals surface area contributed by atoms with Gasteiger partial charge in [0.25, 0.3) is 0 Å². The van der Waals surface area contributed by atoms with Crippen LogP contribution in [0.5, 0.6) is 5.88 Å². The van der Waals surface area contributed by atoms with Gasteiger partial charge >= 0.3 is 5.97 Å². The van der Waals surface area contributed by atoms with E-state index in [1.165, 1.54) is 17.6 Å². The number of hydrogen-bond donors (Lipinski definition) is 0. The fourth-order valence-electron chi connectivity index (χ4n) is 2.74. The molecule has 0 bridgehead atoms. The molecule has 0 unspecified atom stereocenters. The number of esters is 1. The second-order valence-corrected chi connectivity index (χ2v) is 6.72. The molecular weight excluding hydrogens is 324 g/mol. The van der Waals surface area contributed by atoms with Gasteiger partial charge in [-0.05, 0) is 23.3 Å². The van der Waals surface area contributed by atoms with E-state index in [9.17, 15) is 4.79 Å². The van der Waals surface area contributed by atoms with Gasteiger partial charge in [-0.25, -0.2) is 9.78 Å². The minimum Gasteiger partial charge on any atom is -0.481 e. The predicted octanol–water partition coefficient (Wildman–Crippen LogP) is 2.98. The molecule has 0 aliphatic carbocycles. The summed E-state index contributed by atoms with van der Waals surface area (Å²) in [4.78, 5) is 19.6. The molecule has 1 aliphatic heterocycles. The molecule has 0 radical (unpaired) electrons. The number of pyridine rings is 1. The highest BCUT2D eigenvalue weighted by Crippen LogP contribution is 2.29. The molecule has 3 rings (SSSR count). The first-order valence-electron chi connectivity index (χ1n) is 7.75. The molecule has 0 saturated carbocycles. The molecule has 0 N–H and O–H groups in total. The van der Waals surface area contributed by atoms with Crippen molar-refractivity contribution in [2.45, 2.75) is 18.0 Å². The maximum Gasteiger partial charge on any atom is 0.337 e. The van der Waals surface area contributed by atoms with E-state index in [4.69, 9.17) is 9.47 Å². The van der Waals surface area contributed by atoms with E-state index in [1.807, 2.05) is 42.2 Å². The molecule has 0 spiro atoms. The summed E-state index contributed by atoms with van der Waals surface area (Å²) in [5.41, 5.74) is 2.92. The van der Waals surface area contributed by atoms with Gasteiger partial charge < -0.3 is 9.47 Å². The summed E-state index contributed by atoms with van der Waals surface area (Å²) in [5.74, 6) is 1.35. The molecule has 0 amide bonds. The number of methoxy groups -OCH3 is 2. The maximum absolute atomic E-state index is 11.7. The third-order valence-corrected chi connectivity index (χ3v) is 5.01. The molecule has 126 valence electrons. The minimum atomic E-state index is -0.301. The van der Waals surface area contributed by atoms with Crippen molar-refractivity contribution < 1.29 is 14.3 Å². The Kier molecular flexibility index (Phi) is 5.37. The van der Waals surface area contributed by atoms with E-state index < -0.39 is 0 Å². The monoisotopic (exact) mass is 344 g/mol. The average molecular weight is 344 g/mol. The van der Waals surface area contributed by atoms with Crippen molar-refractivity contribution in [2.75, 3.05) is 26.5 Å². The third-order valence-electron chi connectivity index (χ3n) is 3.95. The van der Waals surface area contributed by atoms with Crippen LogP contribution in [0.2, 0.25) is 0 Å². The van der Waals surface area contributed by atoms with Crippen LogP contribution in [0.15, 0.2) is 41.4 Å². The Morgan fingerprint density at radius 1 is 1.33 bits per heavy atom. The number of benzene rings is 1. The van der Waals surface area contributed by atoms with Crippen molar-refractivity contribution in [3.63, 3.8) is 0 Å². The standard InChI is InChI=1S/C18H20N2O3S/c1-22-17-9-15-12-20(6-7-24-16(15)10-19-17)11-13-4-3-5-14(8-13)18(21)23-2/h3-5,8-10H,6-7,11-12H2,1-2H3. The number of hydrogen-bond acceptors (Lipinski definition) is 6. The molecule has 5 nitrogen and oxygen atoms in total. The van der Waals surface area contributed by atoms with Crippen LogP contribution in [-0.4, -0.2) is 42.4 Å². The van der Waals surface area contributed by atoms with E-state index in [0.29, 0.717) is 11.4 Å². The zero-order chi connectivity index (χ0) is 16.9. The Hall–Kier alpha value is -2.05. The smallest absolute Gasteiger partial charge is 0.337 e. The Labute approximate surface area is 146 Å². The van der Waals surface area contributed by atoms with Gasteiger partial charge in [0.2, 0.25) is 5.88 Å². The highest BCUT2D eigenvalue weighted by molar-refractivity contribution is 7.99. The Morgan fingerprint density at radius 2 is 2.21 bits per heavy atom. The van der Waals surface area contributed by atoms with Gasteiger partial charge in [-0.15, -0.1) is 11.8 Å². The van der Waals surface area contributed by atoms with E-state index in [1.54, 1.807) is 13.2 Å². The van der Waals surface area contributed by atoms with Crippen molar-refractivity contribution in [3.05, 3.63) is 53.2 Å². The van der Waals surface area contributed by atoms with E-state index in [-0.39, 0.29) is 5.97 Å². The summed E-state index contributed by atoms with van der Waals surface area (Å²) in [6, 6.07) is 9.62. The topological polar surface area (TPSA) is 51.7 Å². The van der Waals surface area contributed by atoms with Crippen molar-refractivity contribution in [1.29, 1.82) is 0 Å². The third kappa shape index (κ3) is 3.88. The van der Waals surface area contributed by atoms with E-state index in [0.717, 1.165) is 31.0 Å². The number of carbonyl (C=O) groups excluding carboxylic acids is 1. The Balaban J connectivity index is 1.77. The minimum absolute atomic E-state index is 0.301. The lowest BCUT2D eigenvalue weighted by molar-refractivity contribution is 0.0600. The Morgan fingerprint density at radius 3 is 3.00 bits per heavy atom. The molecule has 2 heterocycles. The number of thioether (sulfide) groups is 1. The average Bonchev–Trinajstić information content (AvgIpc) is 2.82. The molecule has 6 heteroatoms. The first-order valence-corrected chi connectivity index (χ1v) is 8.73. The van der Waals surface area contributed by atoms with Crippen LogP contribution in [0.25, 0.3) is 0 Å². The fourth-order valence-corrected chi connectivity index (χ4v) is 3.75. The van der Waals surface area contributed by atoms with Gasteiger partial charge in [0, 0.05) is 42.5 Å². The summed E-state index contributed by atoms with van der Waals surface area (Å²) < 4.78 is 10.0. The quantitative estimate of drug-likeness (QED) is 0.795. The van der Waals surface area contributed by atoms with Gasteiger partial charge in [0.05, 0.1) is 19.8 Å². The molecule has 0 atom stereocenters. The number of fused-ring (bicyclic) bond motifs is 1. The van der Waals surface area contributed by atoms with Gasteiger partial charge in [-0.1, -0.05) is 12.1 Å². The second-order valence-electron chi connectivity index (χ2n) is 5.59. The van der Waals surface area contributed by atoms with Crippen LogP contribution in [-0.2, 0) is 17.8 Å². The number of ether oxygens (including phenoxy) is 2. The second kappa shape index (κ2) is 7.68. The van der Waals surface area contributed by atoms with Crippen LogP contribution >= 0.6 is 11.8 Å². The summed E-state index contributed by atoms with van der Waals surface area (Å²) in [6.45, 7) is 2.60. The molecular formula is C18H20N2O3S. The SMILES string of the molecule is COC(=O)c1cccc(CN2CCSc3cnc(OC)cc3C2)c1. The highest BCUT2D eigenvalue weighted by atomic mass is 32.2. The van der Waals surface area contributed by atoms with Crippen LogP contribution in [0.1, 0.15) is 21.5 Å². The van der Waals surface area contributed by atoms with E-state index in [2.05, 4.69) is 9.88 Å². The molecule has 24 heavy (non-hydrogen) atoms. The molecule has 1 aliphatic rings. The summed E-state index contributed by atoms with van der Waals surface area (Å²) in [5, 5.41) is 0.